The van der Waals surface area contributed by atoms with E-state index in [0.29, 0.717) is 26.3 Å². The van der Waals surface area contributed by atoms with Crippen molar-refractivity contribution in [3.8, 4) is 5.75 Å². The molecule has 3 aliphatic rings. The highest BCUT2D eigenvalue weighted by Gasteiger charge is 2.41. The van der Waals surface area contributed by atoms with Gasteiger partial charge in [0.25, 0.3) is 0 Å². The summed E-state index contributed by atoms with van der Waals surface area (Å²) in [5.74, 6) is 0.775. The van der Waals surface area contributed by atoms with Gasteiger partial charge in [0.05, 0.1) is 37.3 Å². The van der Waals surface area contributed by atoms with Gasteiger partial charge in [0.2, 0.25) is 0 Å². The Hall–Kier alpha value is -2.58. The van der Waals surface area contributed by atoms with Gasteiger partial charge in [-0.2, -0.15) is 0 Å². The van der Waals surface area contributed by atoms with Crippen molar-refractivity contribution in [1.29, 1.82) is 0 Å². The molecule has 1 aromatic carbocycles. The second-order valence-electron chi connectivity index (χ2n) is 8.31. The number of anilines is 1. The van der Waals surface area contributed by atoms with Crippen molar-refractivity contribution in [2.24, 2.45) is 4.99 Å². The third kappa shape index (κ3) is 3.77. The topological polar surface area (TPSA) is 69.1 Å². The Balaban J connectivity index is 1.41. The number of ether oxygens (including phenoxy) is 3. The zero-order valence-corrected chi connectivity index (χ0v) is 17.2. The molecule has 2 aliphatic heterocycles. The molecule has 0 amide bonds. The van der Waals surface area contributed by atoms with Gasteiger partial charge in [-0.25, -0.2) is 14.4 Å². The molecule has 5 rings (SSSR count). The summed E-state index contributed by atoms with van der Waals surface area (Å²) in [6.45, 7) is 5.06. The summed E-state index contributed by atoms with van der Waals surface area (Å²) in [5, 5.41) is 0. The number of hydrogen-bond donors (Lipinski definition) is 0. The van der Waals surface area contributed by atoms with Gasteiger partial charge in [0.1, 0.15) is 17.7 Å². The van der Waals surface area contributed by atoms with E-state index in [0.717, 1.165) is 47.7 Å². The summed E-state index contributed by atoms with van der Waals surface area (Å²) >= 11 is 0. The van der Waals surface area contributed by atoms with Crippen molar-refractivity contribution in [2.75, 3.05) is 38.3 Å². The summed E-state index contributed by atoms with van der Waals surface area (Å²) in [6, 6.07) is 5.24. The van der Waals surface area contributed by atoms with E-state index in [9.17, 15) is 4.39 Å². The lowest BCUT2D eigenvalue weighted by Crippen LogP contribution is -2.44. The molecule has 1 aliphatic carbocycles. The van der Waals surface area contributed by atoms with Crippen LogP contribution in [0.2, 0.25) is 0 Å². The Kier molecular flexibility index (Phi) is 4.91. The first-order valence-electron chi connectivity index (χ1n) is 10.3. The maximum absolute atomic E-state index is 14.5. The SMILES string of the molecule is COCC1CN(c2cc(C3=NCc4cc(F)c(OC5(C)CC5)cc43)ncn2)CCO1. The van der Waals surface area contributed by atoms with Crippen LogP contribution in [0.3, 0.4) is 0 Å². The highest BCUT2D eigenvalue weighted by atomic mass is 19.1. The third-order valence-electron chi connectivity index (χ3n) is 5.84. The smallest absolute Gasteiger partial charge is 0.165 e. The van der Waals surface area contributed by atoms with E-state index in [-0.39, 0.29) is 23.3 Å². The highest BCUT2D eigenvalue weighted by Crippen LogP contribution is 2.41. The molecular weight excluding hydrogens is 387 g/mol. The molecule has 2 aromatic rings. The molecule has 1 aromatic heterocycles. The van der Waals surface area contributed by atoms with E-state index in [1.807, 2.05) is 13.0 Å². The average Bonchev–Trinajstić information content (AvgIpc) is 3.34. The molecule has 7 nitrogen and oxygen atoms in total. The van der Waals surface area contributed by atoms with E-state index < -0.39 is 0 Å². The van der Waals surface area contributed by atoms with E-state index in [1.54, 1.807) is 19.5 Å². The number of nitrogens with zero attached hydrogens (tertiary/aromatic N) is 4. The normalized spacial score (nSPS) is 21.9. The van der Waals surface area contributed by atoms with Crippen LogP contribution < -0.4 is 9.64 Å². The van der Waals surface area contributed by atoms with Gasteiger partial charge < -0.3 is 19.1 Å². The van der Waals surface area contributed by atoms with Crippen molar-refractivity contribution in [1.82, 2.24) is 9.97 Å². The van der Waals surface area contributed by atoms with E-state index >= 15 is 0 Å². The molecule has 158 valence electrons. The quantitative estimate of drug-likeness (QED) is 0.727. The molecule has 8 heteroatoms. The molecule has 1 saturated heterocycles. The number of morpholine rings is 1. The monoisotopic (exact) mass is 412 g/mol. The summed E-state index contributed by atoms with van der Waals surface area (Å²) in [7, 11) is 1.67. The number of benzene rings is 1. The minimum atomic E-state index is -0.334. The maximum Gasteiger partial charge on any atom is 0.165 e. The first kappa shape index (κ1) is 19.4. The average molecular weight is 412 g/mol. The molecule has 1 atom stereocenters. The van der Waals surface area contributed by atoms with Crippen LogP contribution >= 0.6 is 0 Å². The van der Waals surface area contributed by atoms with Gasteiger partial charge >= 0.3 is 0 Å². The number of hydrogen-bond acceptors (Lipinski definition) is 7. The summed E-state index contributed by atoms with van der Waals surface area (Å²) in [6.07, 6.45) is 3.46. The van der Waals surface area contributed by atoms with Gasteiger partial charge in [0, 0.05) is 31.8 Å². The molecule has 1 unspecified atom stereocenters. The largest absolute Gasteiger partial charge is 0.484 e. The third-order valence-corrected chi connectivity index (χ3v) is 5.84. The molecule has 2 fully saturated rings. The van der Waals surface area contributed by atoms with Crippen molar-refractivity contribution in [2.45, 2.75) is 38.0 Å². The molecular formula is C22H25FN4O3. The fourth-order valence-corrected chi connectivity index (χ4v) is 3.90. The zero-order valence-electron chi connectivity index (χ0n) is 17.2. The Morgan fingerprint density at radius 2 is 2.13 bits per heavy atom. The van der Waals surface area contributed by atoms with Crippen molar-refractivity contribution >= 4 is 11.5 Å². The van der Waals surface area contributed by atoms with E-state index in [4.69, 9.17) is 14.2 Å². The fourth-order valence-electron chi connectivity index (χ4n) is 3.90. The number of halogens is 1. The number of rotatable bonds is 6. The highest BCUT2D eigenvalue weighted by molar-refractivity contribution is 6.14. The molecule has 0 spiro atoms. The number of aliphatic imine (C=N–C) groups is 1. The lowest BCUT2D eigenvalue weighted by atomic mass is 10.0. The van der Waals surface area contributed by atoms with Crippen LogP contribution in [-0.2, 0) is 16.0 Å². The summed E-state index contributed by atoms with van der Waals surface area (Å²) in [4.78, 5) is 15.7. The molecule has 3 heterocycles. The Bertz CT molecular complexity index is 990. The van der Waals surface area contributed by atoms with Gasteiger partial charge in [-0.15, -0.1) is 0 Å². The molecule has 0 N–H and O–H groups in total. The second kappa shape index (κ2) is 7.59. The van der Waals surface area contributed by atoms with Crippen LogP contribution in [0.1, 0.15) is 36.6 Å². The zero-order chi connectivity index (χ0) is 20.7. The number of aromatic nitrogens is 2. The molecule has 0 bridgehead atoms. The molecule has 1 saturated carbocycles. The van der Waals surface area contributed by atoms with Crippen LogP contribution in [0, 0.1) is 5.82 Å². The molecule has 0 radical (unpaired) electrons. The maximum atomic E-state index is 14.5. The van der Waals surface area contributed by atoms with Crippen LogP contribution in [0.25, 0.3) is 0 Å². The van der Waals surface area contributed by atoms with Crippen LogP contribution in [0.4, 0.5) is 10.2 Å². The Morgan fingerprint density at radius 3 is 2.93 bits per heavy atom. The minimum Gasteiger partial charge on any atom is -0.484 e. The van der Waals surface area contributed by atoms with Gasteiger partial charge in [-0.3, -0.25) is 4.99 Å². The minimum absolute atomic E-state index is 0.0122. The van der Waals surface area contributed by atoms with Crippen molar-refractivity contribution in [3.63, 3.8) is 0 Å². The van der Waals surface area contributed by atoms with Gasteiger partial charge in [0.15, 0.2) is 11.6 Å². The lowest BCUT2D eigenvalue weighted by molar-refractivity contribution is -0.0102. The first-order chi connectivity index (χ1) is 14.5. The Labute approximate surface area is 174 Å². The van der Waals surface area contributed by atoms with Gasteiger partial charge in [-0.05, 0) is 37.5 Å². The van der Waals surface area contributed by atoms with E-state index in [1.165, 1.54) is 6.07 Å². The van der Waals surface area contributed by atoms with Crippen LogP contribution in [0.15, 0.2) is 29.5 Å². The predicted molar refractivity (Wildman–Crippen MR) is 110 cm³/mol. The lowest BCUT2D eigenvalue weighted by Gasteiger charge is -2.33. The van der Waals surface area contributed by atoms with Gasteiger partial charge in [-0.1, -0.05) is 0 Å². The first-order valence-corrected chi connectivity index (χ1v) is 10.3. The number of methoxy groups -OCH3 is 1. The second-order valence-corrected chi connectivity index (χ2v) is 8.31. The van der Waals surface area contributed by atoms with E-state index in [2.05, 4.69) is 19.9 Å². The van der Waals surface area contributed by atoms with Crippen molar-refractivity contribution < 1.29 is 18.6 Å². The molecule has 30 heavy (non-hydrogen) atoms. The van der Waals surface area contributed by atoms with Crippen LogP contribution in [-0.4, -0.2) is 60.8 Å². The predicted octanol–water partition coefficient (Wildman–Crippen LogP) is 2.75. The standard InChI is InChI=1S/C22H25FN4O3/c1-22(3-4-22)30-19-8-16-14(7-17(19)23)10-24-21(16)18-9-20(26-13-25-18)27-5-6-29-15(11-27)12-28-2/h7-9,13,15H,3-6,10-12H2,1-2H3. The summed E-state index contributed by atoms with van der Waals surface area (Å²) < 4.78 is 31.4. The van der Waals surface area contributed by atoms with Crippen molar-refractivity contribution in [3.05, 3.63) is 47.2 Å². The summed E-state index contributed by atoms with van der Waals surface area (Å²) in [5.41, 5.74) is 2.95. The number of fused-ring (bicyclic) bond motifs is 1. The van der Waals surface area contributed by atoms with Crippen LogP contribution in [0.5, 0.6) is 5.75 Å². The Morgan fingerprint density at radius 1 is 1.27 bits per heavy atom. The fraction of sp³-hybridized carbons (Fsp3) is 0.500.